The van der Waals surface area contributed by atoms with Crippen molar-refractivity contribution in [1.82, 2.24) is 10.2 Å². The molecule has 3 nitrogen and oxygen atoms in total. The normalized spacial score (nSPS) is 29.3. The van der Waals surface area contributed by atoms with Gasteiger partial charge in [-0.05, 0) is 69.5 Å². The number of amides is 1. The Hall–Kier alpha value is -0.870. The molecule has 1 aromatic rings. The monoisotopic (exact) mass is 332 g/mol. The van der Waals surface area contributed by atoms with Crippen LogP contribution in [-0.2, 0) is 0 Å². The van der Waals surface area contributed by atoms with E-state index in [4.69, 9.17) is 0 Å². The van der Waals surface area contributed by atoms with E-state index in [-0.39, 0.29) is 0 Å². The summed E-state index contributed by atoms with van der Waals surface area (Å²) in [5.74, 6) is 1.73. The molecule has 0 radical (unpaired) electrons. The van der Waals surface area contributed by atoms with E-state index in [1.807, 2.05) is 0 Å². The van der Waals surface area contributed by atoms with Gasteiger partial charge in [-0.1, -0.05) is 12.8 Å². The molecular formula is C19H28N2OS. The molecule has 0 aromatic carbocycles. The molecule has 1 saturated carbocycles. The Morgan fingerprint density at radius 1 is 1.09 bits per heavy atom. The summed E-state index contributed by atoms with van der Waals surface area (Å²) in [6, 6.07) is 2.72. The molecule has 1 N–H and O–H groups in total. The van der Waals surface area contributed by atoms with Crippen LogP contribution in [0.15, 0.2) is 11.4 Å². The lowest BCUT2D eigenvalue weighted by molar-refractivity contribution is 0.0391. The minimum Gasteiger partial charge on any atom is -0.335 e. The first-order chi connectivity index (χ1) is 11.3. The summed E-state index contributed by atoms with van der Waals surface area (Å²) in [6.45, 7) is 3.20. The van der Waals surface area contributed by atoms with Crippen LogP contribution in [0.2, 0.25) is 0 Å². The number of hydrogen-bond acceptors (Lipinski definition) is 3. The number of nitrogens with zero attached hydrogens (tertiary/aromatic N) is 1. The van der Waals surface area contributed by atoms with Gasteiger partial charge in [0.15, 0.2) is 0 Å². The maximum Gasteiger partial charge on any atom is 0.254 e. The van der Waals surface area contributed by atoms with Crippen LogP contribution in [0.1, 0.15) is 72.5 Å². The molecule has 2 saturated heterocycles. The molecule has 126 valence electrons. The zero-order valence-corrected chi connectivity index (χ0v) is 14.7. The third-order valence-electron chi connectivity index (χ3n) is 6.11. The summed E-state index contributed by atoms with van der Waals surface area (Å²) < 4.78 is 0. The first kappa shape index (κ1) is 15.6. The van der Waals surface area contributed by atoms with Gasteiger partial charge in [-0.25, -0.2) is 0 Å². The number of thiophene rings is 1. The number of hydrogen-bond donors (Lipinski definition) is 1. The number of nitrogens with one attached hydrogen (secondary N) is 1. The fourth-order valence-electron chi connectivity index (χ4n) is 4.83. The lowest BCUT2D eigenvalue weighted by Gasteiger charge is -2.44. The van der Waals surface area contributed by atoms with Crippen molar-refractivity contribution in [2.75, 3.05) is 19.6 Å². The minimum absolute atomic E-state index is 0.304. The van der Waals surface area contributed by atoms with Gasteiger partial charge in [0.2, 0.25) is 0 Å². The molecule has 3 aliphatic rings. The second kappa shape index (κ2) is 6.94. The van der Waals surface area contributed by atoms with Crippen molar-refractivity contribution in [2.24, 2.45) is 5.92 Å². The molecule has 2 aliphatic heterocycles. The number of likely N-dealkylation sites (tertiary alicyclic amines) is 1. The number of fused-ring (bicyclic) bond motifs is 1. The van der Waals surface area contributed by atoms with Gasteiger partial charge in [-0.15, -0.1) is 11.3 Å². The molecule has 3 heterocycles. The predicted octanol–water partition coefficient (Wildman–Crippen LogP) is 4.01. The summed E-state index contributed by atoms with van der Waals surface area (Å²) in [5.41, 5.74) is 0.953. The van der Waals surface area contributed by atoms with Gasteiger partial charge >= 0.3 is 0 Å². The molecule has 2 atom stereocenters. The molecule has 4 rings (SSSR count). The maximum absolute atomic E-state index is 13.1. The Morgan fingerprint density at radius 2 is 1.87 bits per heavy atom. The van der Waals surface area contributed by atoms with Gasteiger partial charge in [-0.3, -0.25) is 4.79 Å². The number of rotatable bonds is 2. The van der Waals surface area contributed by atoms with Crippen LogP contribution in [0.25, 0.3) is 0 Å². The first-order valence-corrected chi connectivity index (χ1v) is 10.3. The molecule has 0 bridgehead atoms. The van der Waals surface area contributed by atoms with E-state index < -0.39 is 0 Å². The Morgan fingerprint density at radius 3 is 2.74 bits per heavy atom. The van der Waals surface area contributed by atoms with Crippen molar-refractivity contribution < 1.29 is 4.79 Å². The van der Waals surface area contributed by atoms with E-state index in [2.05, 4.69) is 21.7 Å². The average molecular weight is 333 g/mol. The molecule has 3 fully saturated rings. The topological polar surface area (TPSA) is 32.3 Å². The standard InChI is InChI=1S/C19H28N2OS/c22-19(21-11-3-5-14-4-1-2-6-17(14)21)16-12-18(23-13-16)15-7-9-20-10-8-15/h12-15,17,20H,1-11H2/t14-,17+/m1/s1. The number of carbonyl (C=O) groups excluding carboxylic acids is 1. The zero-order chi connectivity index (χ0) is 15.6. The van der Waals surface area contributed by atoms with Crippen LogP contribution in [0.5, 0.6) is 0 Å². The smallest absolute Gasteiger partial charge is 0.254 e. The third-order valence-corrected chi connectivity index (χ3v) is 7.21. The van der Waals surface area contributed by atoms with E-state index in [9.17, 15) is 4.79 Å². The van der Waals surface area contributed by atoms with Crippen molar-refractivity contribution in [2.45, 2.75) is 63.3 Å². The summed E-state index contributed by atoms with van der Waals surface area (Å²) >= 11 is 1.80. The SMILES string of the molecule is O=C(c1csc(C2CCNCC2)c1)N1CCC[C@H]2CCCC[C@@H]21. The van der Waals surface area contributed by atoms with Gasteiger partial charge in [0.05, 0.1) is 5.56 Å². The molecule has 0 spiro atoms. The molecular weight excluding hydrogens is 304 g/mol. The van der Waals surface area contributed by atoms with Crippen LogP contribution in [0, 0.1) is 5.92 Å². The molecule has 1 aromatic heterocycles. The lowest BCUT2D eigenvalue weighted by Crippen LogP contribution is -2.49. The Balaban J connectivity index is 1.48. The van der Waals surface area contributed by atoms with Gasteiger partial charge in [0.1, 0.15) is 0 Å². The molecule has 23 heavy (non-hydrogen) atoms. The highest BCUT2D eigenvalue weighted by atomic mass is 32.1. The van der Waals surface area contributed by atoms with E-state index in [1.165, 1.54) is 56.2 Å². The summed E-state index contributed by atoms with van der Waals surface area (Å²) in [4.78, 5) is 16.7. The van der Waals surface area contributed by atoms with Crippen molar-refractivity contribution in [3.05, 3.63) is 21.9 Å². The maximum atomic E-state index is 13.1. The molecule has 0 unspecified atom stereocenters. The summed E-state index contributed by atoms with van der Waals surface area (Å²) in [6.07, 6.45) is 10.2. The number of carbonyl (C=O) groups is 1. The predicted molar refractivity (Wildman–Crippen MR) is 95.2 cm³/mol. The van der Waals surface area contributed by atoms with Gasteiger partial charge in [0, 0.05) is 22.8 Å². The highest BCUT2D eigenvalue weighted by Gasteiger charge is 2.36. The number of piperidine rings is 2. The van der Waals surface area contributed by atoms with Crippen molar-refractivity contribution >= 4 is 17.2 Å². The molecule has 1 amide bonds. The molecule has 4 heteroatoms. The van der Waals surface area contributed by atoms with Crippen LogP contribution in [-0.4, -0.2) is 36.5 Å². The average Bonchev–Trinajstić information content (AvgIpc) is 3.11. The van der Waals surface area contributed by atoms with Crippen LogP contribution >= 0.6 is 11.3 Å². The fourth-order valence-corrected chi connectivity index (χ4v) is 5.88. The zero-order valence-electron chi connectivity index (χ0n) is 13.9. The first-order valence-electron chi connectivity index (χ1n) is 9.43. The third kappa shape index (κ3) is 3.20. The van der Waals surface area contributed by atoms with Crippen molar-refractivity contribution in [1.29, 1.82) is 0 Å². The quantitative estimate of drug-likeness (QED) is 0.887. The Bertz CT molecular complexity index is 547. The van der Waals surface area contributed by atoms with Crippen molar-refractivity contribution in [3.8, 4) is 0 Å². The van der Waals surface area contributed by atoms with Crippen LogP contribution in [0.4, 0.5) is 0 Å². The largest absolute Gasteiger partial charge is 0.335 e. The highest BCUT2D eigenvalue weighted by molar-refractivity contribution is 7.10. The van der Waals surface area contributed by atoms with E-state index in [1.54, 1.807) is 11.3 Å². The van der Waals surface area contributed by atoms with E-state index >= 15 is 0 Å². The Labute approximate surface area is 143 Å². The second-order valence-electron chi connectivity index (χ2n) is 7.51. The van der Waals surface area contributed by atoms with Gasteiger partial charge in [-0.2, -0.15) is 0 Å². The second-order valence-corrected chi connectivity index (χ2v) is 8.46. The lowest BCUT2D eigenvalue weighted by atomic mass is 9.78. The summed E-state index contributed by atoms with van der Waals surface area (Å²) in [5, 5.41) is 5.54. The molecule has 1 aliphatic carbocycles. The minimum atomic E-state index is 0.304. The highest BCUT2D eigenvalue weighted by Crippen LogP contribution is 2.37. The fraction of sp³-hybridized carbons (Fsp3) is 0.737. The van der Waals surface area contributed by atoms with Gasteiger partial charge < -0.3 is 10.2 Å². The van der Waals surface area contributed by atoms with E-state index in [0.717, 1.165) is 31.1 Å². The summed E-state index contributed by atoms with van der Waals surface area (Å²) in [7, 11) is 0. The van der Waals surface area contributed by atoms with Crippen LogP contribution in [0.3, 0.4) is 0 Å². The Kier molecular flexibility index (Phi) is 4.72. The van der Waals surface area contributed by atoms with Gasteiger partial charge in [0.25, 0.3) is 5.91 Å². The van der Waals surface area contributed by atoms with Crippen molar-refractivity contribution in [3.63, 3.8) is 0 Å². The van der Waals surface area contributed by atoms with Crippen LogP contribution < -0.4 is 5.32 Å². The van der Waals surface area contributed by atoms with E-state index in [0.29, 0.717) is 17.9 Å².